The molecule has 0 aliphatic carbocycles. The van der Waals surface area contributed by atoms with E-state index in [2.05, 4.69) is 77.4 Å². The van der Waals surface area contributed by atoms with Gasteiger partial charge in [0.15, 0.2) is 0 Å². The van der Waals surface area contributed by atoms with Gasteiger partial charge in [0.2, 0.25) is 0 Å². The summed E-state index contributed by atoms with van der Waals surface area (Å²) >= 11 is 0. The molecule has 0 radical (unpaired) electrons. The Morgan fingerprint density at radius 3 is 2.60 bits per heavy atom. The standard InChI is InChI=1S/C18H16N2/c1-13-11-20(18-9-5-3-6-15(13)18)12-14-10-19-17-8-4-2-7-16(14)17/h2-11,19H,12H2,1H3. The van der Waals surface area contributed by atoms with Crippen LogP contribution >= 0.6 is 0 Å². The molecule has 2 heteroatoms. The summed E-state index contributed by atoms with van der Waals surface area (Å²) in [6, 6.07) is 17.1. The minimum atomic E-state index is 0.901. The highest BCUT2D eigenvalue weighted by molar-refractivity contribution is 5.85. The normalized spacial score (nSPS) is 11.4. The lowest BCUT2D eigenvalue weighted by Crippen LogP contribution is -1.96. The second-order valence-electron chi connectivity index (χ2n) is 5.32. The lowest BCUT2D eigenvalue weighted by Gasteiger charge is -2.04. The Hall–Kier alpha value is -2.48. The number of para-hydroxylation sites is 2. The van der Waals surface area contributed by atoms with Gasteiger partial charge in [0.05, 0.1) is 0 Å². The molecule has 0 fully saturated rings. The first kappa shape index (κ1) is 11.4. The molecule has 2 heterocycles. The SMILES string of the molecule is Cc1cn(Cc2c[nH]c3ccccc23)c2ccccc12. The molecular formula is C18H16N2. The average Bonchev–Trinajstić information content (AvgIpc) is 3.03. The van der Waals surface area contributed by atoms with Crippen molar-refractivity contribution in [1.82, 2.24) is 9.55 Å². The van der Waals surface area contributed by atoms with Gasteiger partial charge in [0.25, 0.3) is 0 Å². The van der Waals surface area contributed by atoms with E-state index in [1.54, 1.807) is 0 Å². The quantitative estimate of drug-likeness (QED) is 0.548. The van der Waals surface area contributed by atoms with Crippen LogP contribution in [0.25, 0.3) is 21.8 Å². The fraction of sp³-hybridized carbons (Fsp3) is 0.111. The molecule has 98 valence electrons. The summed E-state index contributed by atoms with van der Waals surface area (Å²) in [5, 5.41) is 2.65. The maximum absolute atomic E-state index is 3.35. The van der Waals surface area contributed by atoms with Crippen LogP contribution in [0.5, 0.6) is 0 Å². The van der Waals surface area contributed by atoms with Crippen molar-refractivity contribution in [3.05, 3.63) is 72.1 Å². The summed E-state index contributed by atoms with van der Waals surface area (Å²) in [4.78, 5) is 3.35. The molecule has 20 heavy (non-hydrogen) atoms. The first-order valence-corrected chi connectivity index (χ1v) is 6.92. The Morgan fingerprint density at radius 1 is 0.950 bits per heavy atom. The highest BCUT2D eigenvalue weighted by Gasteiger charge is 2.08. The highest BCUT2D eigenvalue weighted by Crippen LogP contribution is 2.24. The molecule has 0 bridgehead atoms. The summed E-state index contributed by atoms with van der Waals surface area (Å²) < 4.78 is 2.33. The van der Waals surface area contributed by atoms with Crippen molar-refractivity contribution >= 4 is 21.8 Å². The Labute approximate surface area is 117 Å². The molecule has 2 aromatic heterocycles. The van der Waals surface area contributed by atoms with Crippen LogP contribution in [0.15, 0.2) is 60.9 Å². The number of aromatic nitrogens is 2. The van der Waals surface area contributed by atoms with Crippen LogP contribution in [-0.4, -0.2) is 9.55 Å². The summed E-state index contributed by atoms with van der Waals surface area (Å²) in [6.45, 7) is 3.08. The number of hydrogen-bond acceptors (Lipinski definition) is 0. The predicted octanol–water partition coefficient (Wildman–Crippen LogP) is 4.48. The van der Waals surface area contributed by atoms with Crippen LogP contribution in [0.4, 0.5) is 0 Å². The largest absolute Gasteiger partial charge is 0.361 e. The number of aromatic amines is 1. The second-order valence-corrected chi connectivity index (χ2v) is 5.32. The Kier molecular flexibility index (Phi) is 2.43. The Morgan fingerprint density at radius 2 is 1.70 bits per heavy atom. The van der Waals surface area contributed by atoms with E-state index >= 15 is 0 Å². The number of nitrogens with zero attached hydrogens (tertiary/aromatic N) is 1. The van der Waals surface area contributed by atoms with E-state index in [1.807, 2.05) is 0 Å². The molecule has 2 aromatic carbocycles. The molecule has 1 N–H and O–H groups in total. The molecule has 0 atom stereocenters. The first-order valence-electron chi connectivity index (χ1n) is 6.92. The smallest absolute Gasteiger partial charge is 0.0497 e. The first-order chi connectivity index (χ1) is 9.83. The van der Waals surface area contributed by atoms with Gasteiger partial charge in [0.1, 0.15) is 0 Å². The van der Waals surface area contributed by atoms with Crippen molar-refractivity contribution < 1.29 is 0 Å². The molecule has 0 saturated carbocycles. The molecule has 0 aliphatic heterocycles. The van der Waals surface area contributed by atoms with Gasteiger partial charge in [-0.3, -0.25) is 0 Å². The van der Waals surface area contributed by atoms with Crippen molar-refractivity contribution in [3.63, 3.8) is 0 Å². The second kappa shape index (κ2) is 4.27. The van der Waals surface area contributed by atoms with Gasteiger partial charge >= 0.3 is 0 Å². The lowest BCUT2D eigenvalue weighted by molar-refractivity contribution is 0.840. The number of rotatable bonds is 2. The van der Waals surface area contributed by atoms with Crippen LogP contribution in [0.2, 0.25) is 0 Å². The van der Waals surface area contributed by atoms with E-state index < -0.39 is 0 Å². The van der Waals surface area contributed by atoms with Crippen molar-refractivity contribution in [3.8, 4) is 0 Å². The van der Waals surface area contributed by atoms with E-state index in [-0.39, 0.29) is 0 Å². The van der Waals surface area contributed by atoms with E-state index in [0.29, 0.717) is 0 Å². The van der Waals surface area contributed by atoms with Crippen LogP contribution in [0.1, 0.15) is 11.1 Å². The molecule has 0 aliphatic rings. The molecule has 0 spiro atoms. The van der Waals surface area contributed by atoms with Gasteiger partial charge in [-0.1, -0.05) is 36.4 Å². The number of nitrogens with one attached hydrogen (secondary N) is 1. The van der Waals surface area contributed by atoms with Crippen LogP contribution in [-0.2, 0) is 6.54 Å². The fourth-order valence-corrected chi connectivity index (χ4v) is 3.01. The van der Waals surface area contributed by atoms with Crippen LogP contribution in [0.3, 0.4) is 0 Å². The summed E-state index contributed by atoms with van der Waals surface area (Å²) in [7, 11) is 0. The average molecular weight is 260 g/mol. The summed E-state index contributed by atoms with van der Waals surface area (Å²) in [5.41, 5.74) is 5.17. The molecule has 4 rings (SSSR count). The zero-order valence-electron chi connectivity index (χ0n) is 11.4. The third kappa shape index (κ3) is 1.65. The van der Waals surface area contributed by atoms with Gasteiger partial charge in [0, 0.05) is 40.7 Å². The molecule has 0 unspecified atom stereocenters. The van der Waals surface area contributed by atoms with E-state index in [1.165, 1.54) is 32.9 Å². The van der Waals surface area contributed by atoms with Crippen molar-refractivity contribution in [2.75, 3.05) is 0 Å². The minimum Gasteiger partial charge on any atom is -0.361 e. The van der Waals surface area contributed by atoms with Gasteiger partial charge in [-0.15, -0.1) is 0 Å². The van der Waals surface area contributed by atoms with E-state index in [4.69, 9.17) is 0 Å². The lowest BCUT2D eigenvalue weighted by atomic mass is 10.2. The summed E-state index contributed by atoms with van der Waals surface area (Å²) in [6.07, 6.45) is 4.36. The van der Waals surface area contributed by atoms with Gasteiger partial charge < -0.3 is 9.55 Å². The van der Waals surface area contributed by atoms with Gasteiger partial charge in [-0.2, -0.15) is 0 Å². The Balaban J connectivity index is 1.85. The highest BCUT2D eigenvalue weighted by atomic mass is 15.0. The Bertz CT molecular complexity index is 896. The maximum Gasteiger partial charge on any atom is 0.0497 e. The summed E-state index contributed by atoms with van der Waals surface area (Å²) in [5.74, 6) is 0. The zero-order valence-corrected chi connectivity index (χ0v) is 11.4. The third-order valence-corrected chi connectivity index (χ3v) is 4.00. The van der Waals surface area contributed by atoms with Crippen molar-refractivity contribution in [1.29, 1.82) is 0 Å². The van der Waals surface area contributed by atoms with Gasteiger partial charge in [-0.25, -0.2) is 0 Å². The molecule has 4 aromatic rings. The monoisotopic (exact) mass is 260 g/mol. The number of aryl methyl sites for hydroxylation is 1. The van der Waals surface area contributed by atoms with Crippen molar-refractivity contribution in [2.24, 2.45) is 0 Å². The predicted molar refractivity (Wildman–Crippen MR) is 84.1 cm³/mol. The zero-order chi connectivity index (χ0) is 13.5. The van der Waals surface area contributed by atoms with Crippen molar-refractivity contribution in [2.45, 2.75) is 13.5 Å². The minimum absolute atomic E-state index is 0.901. The fourth-order valence-electron chi connectivity index (χ4n) is 3.01. The molecule has 0 amide bonds. The van der Waals surface area contributed by atoms with Gasteiger partial charge in [-0.05, 0) is 30.2 Å². The number of H-pyrrole nitrogens is 1. The maximum atomic E-state index is 3.35. The van der Waals surface area contributed by atoms with Crippen LogP contribution in [0, 0.1) is 6.92 Å². The number of hydrogen-bond donors (Lipinski definition) is 1. The van der Waals surface area contributed by atoms with E-state index in [9.17, 15) is 0 Å². The molecule has 2 nitrogen and oxygen atoms in total. The molecular weight excluding hydrogens is 244 g/mol. The van der Waals surface area contributed by atoms with Crippen LogP contribution < -0.4 is 0 Å². The number of benzene rings is 2. The third-order valence-electron chi connectivity index (χ3n) is 4.00. The van der Waals surface area contributed by atoms with E-state index in [0.717, 1.165) is 6.54 Å². The number of fused-ring (bicyclic) bond motifs is 2. The molecule has 0 saturated heterocycles. The topological polar surface area (TPSA) is 20.7 Å².